The van der Waals surface area contributed by atoms with Gasteiger partial charge in [-0.25, -0.2) is 0 Å². The van der Waals surface area contributed by atoms with E-state index in [0.29, 0.717) is 33.4 Å². The molecule has 4 aliphatic rings. The van der Waals surface area contributed by atoms with Gasteiger partial charge in [-0.3, -0.25) is 19.2 Å². The van der Waals surface area contributed by atoms with Crippen molar-refractivity contribution in [1.29, 1.82) is 0 Å². The molecule has 0 bridgehead atoms. The Morgan fingerprint density at radius 1 is 0.524 bits per heavy atom. The maximum absolute atomic E-state index is 12.9. The molecule has 0 atom stereocenters. The lowest BCUT2D eigenvalue weighted by Crippen LogP contribution is -2.17. The Hall–Kier alpha value is -4.26. The van der Waals surface area contributed by atoms with Crippen molar-refractivity contribution in [3.63, 3.8) is 0 Å². The van der Waals surface area contributed by atoms with E-state index in [-0.39, 0.29) is 10.8 Å². The molecule has 4 aliphatic carbocycles. The van der Waals surface area contributed by atoms with Crippen LogP contribution >= 0.6 is 22.7 Å². The van der Waals surface area contributed by atoms with Crippen molar-refractivity contribution < 1.29 is 19.2 Å². The monoisotopic (exact) mass is 584 g/mol. The van der Waals surface area contributed by atoms with Gasteiger partial charge in [0, 0.05) is 42.9 Å². The fraction of sp³-hybridized carbons (Fsp3) is 0.167. The van der Waals surface area contributed by atoms with Gasteiger partial charge in [0.15, 0.2) is 0 Å². The third-order valence-corrected chi connectivity index (χ3v) is 11.7. The lowest BCUT2D eigenvalue weighted by molar-refractivity contribution is -0.110. The Balaban J connectivity index is 1.21. The lowest BCUT2D eigenvalue weighted by Gasteiger charge is -2.23. The summed E-state index contributed by atoms with van der Waals surface area (Å²) in [6, 6.07) is 14.4. The highest BCUT2D eigenvalue weighted by atomic mass is 32.1. The molecule has 0 saturated carbocycles. The highest BCUT2D eigenvalue weighted by molar-refractivity contribution is 7.29. The van der Waals surface area contributed by atoms with Crippen molar-refractivity contribution in [2.75, 3.05) is 0 Å². The van der Waals surface area contributed by atoms with Gasteiger partial charge in [-0.15, -0.1) is 22.7 Å². The van der Waals surface area contributed by atoms with E-state index in [1.807, 2.05) is 36.4 Å². The summed E-state index contributed by atoms with van der Waals surface area (Å²) < 4.78 is 2.50. The molecule has 0 unspecified atom stereocenters. The summed E-state index contributed by atoms with van der Waals surface area (Å²) >= 11 is 3.53. The second-order valence-corrected chi connectivity index (χ2v) is 14.4. The van der Waals surface area contributed by atoms with E-state index in [4.69, 9.17) is 0 Å². The van der Waals surface area contributed by atoms with Crippen LogP contribution in [0.5, 0.6) is 0 Å². The van der Waals surface area contributed by atoms with Crippen molar-refractivity contribution in [2.24, 2.45) is 0 Å². The van der Waals surface area contributed by atoms with Gasteiger partial charge in [0.05, 0.1) is 9.40 Å². The molecule has 2 aromatic heterocycles. The molecule has 4 nitrogen and oxygen atoms in total. The second kappa shape index (κ2) is 8.18. The number of hydrogen-bond acceptors (Lipinski definition) is 6. The molecule has 42 heavy (non-hydrogen) atoms. The maximum Gasteiger partial charge on any atom is 0.234 e. The van der Waals surface area contributed by atoms with Crippen molar-refractivity contribution in [1.82, 2.24) is 0 Å². The number of benzene rings is 2. The zero-order chi connectivity index (χ0) is 29.3. The van der Waals surface area contributed by atoms with E-state index in [1.165, 1.54) is 30.3 Å². The average Bonchev–Trinajstić information content (AvgIpc) is 3.72. The first-order chi connectivity index (χ1) is 20.0. The molecule has 0 saturated heterocycles. The molecule has 0 amide bonds. The first-order valence-electron chi connectivity index (χ1n) is 13.8. The minimum absolute atomic E-state index is 0.348. The largest absolute Gasteiger partial charge is 0.285 e. The van der Waals surface area contributed by atoms with Crippen LogP contribution in [0.15, 0.2) is 71.8 Å². The Labute approximate surface area is 250 Å². The van der Waals surface area contributed by atoms with Gasteiger partial charge in [-0.1, -0.05) is 76.2 Å². The summed E-state index contributed by atoms with van der Waals surface area (Å²) in [5, 5.41) is 0. The normalized spacial score (nSPS) is 21.3. The highest BCUT2D eigenvalue weighted by Crippen LogP contribution is 2.58. The predicted molar refractivity (Wildman–Crippen MR) is 169 cm³/mol. The molecule has 2 heterocycles. The average molecular weight is 585 g/mol. The number of hydrogen-bond donors (Lipinski definition) is 0. The number of ketones is 4. The molecule has 6 heteroatoms. The third-order valence-electron chi connectivity index (χ3n) is 9.27. The fourth-order valence-electron chi connectivity index (χ4n) is 6.89. The SMILES string of the molecule is CC1(C)C(/C=C2\C(=O)C(=O)c3ccccc32)=Cc2sc3c4c(sc3c21)C=C(/C=C1\C(=O)C(=O)c2ccccc21)C4(C)C. The van der Waals surface area contributed by atoms with Gasteiger partial charge in [0.2, 0.25) is 23.1 Å². The number of thiophene rings is 2. The molecule has 4 aromatic rings. The Kier molecular flexibility index (Phi) is 4.96. The molecule has 204 valence electrons. The van der Waals surface area contributed by atoms with Crippen LogP contribution in [0.1, 0.15) is 80.4 Å². The zero-order valence-electron chi connectivity index (χ0n) is 23.4. The molecule has 0 aliphatic heterocycles. The Bertz CT molecular complexity index is 2000. The highest BCUT2D eigenvalue weighted by Gasteiger charge is 2.43. The fourth-order valence-corrected chi connectivity index (χ4v) is 10.3. The van der Waals surface area contributed by atoms with Gasteiger partial charge in [0.25, 0.3) is 0 Å². The summed E-state index contributed by atoms with van der Waals surface area (Å²) in [5.41, 5.74) is 7.17. The quantitative estimate of drug-likeness (QED) is 0.177. The van der Waals surface area contributed by atoms with Crippen LogP contribution in [0.4, 0.5) is 0 Å². The summed E-state index contributed by atoms with van der Waals surface area (Å²) in [6.45, 7) is 8.73. The van der Waals surface area contributed by atoms with Crippen LogP contribution in [-0.2, 0) is 20.4 Å². The molecule has 0 spiro atoms. The second-order valence-electron chi connectivity index (χ2n) is 12.3. The van der Waals surface area contributed by atoms with Crippen LogP contribution in [-0.4, -0.2) is 23.1 Å². The van der Waals surface area contributed by atoms with Crippen molar-refractivity contribution in [3.05, 3.63) is 115 Å². The summed E-state index contributed by atoms with van der Waals surface area (Å²) in [5.74, 6) is -1.76. The Morgan fingerprint density at radius 2 is 0.881 bits per heavy atom. The van der Waals surface area contributed by atoms with Crippen LogP contribution in [0.3, 0.4) is 0 Å². The van der Waals surface area contributed by atoms with Gasteiger partial charge < -0.3 is 0 Å². The first kappa shape index (κ1) is 25.5. The lowest BCUT2D eigenvalue weighted by atomic mass is 9.79. The first-order valence-corrected chi connectivity index (χ1v) is 15.5. The molecule has 0 fully saturated rings. The summed E-state index contributed by atoms with van der Waals surface area (Å²) in [6.07, 6.45) is 8.17. The van der Waals surface area contributed by atoms with E-state index < -0.39 is 23.1 Å². The molecule has 8 rings (SSSR count). The third kappa shape index (κ3) is 3.11. The summed E-state index contributed by atoms with van der Waals surface area (Å²) in [4.78, 5) is 53.4. The van der Waals surface area contributed by atoms with E-state index in [0.717, 1.165) is 11.1 Å². The number of allylic oxidation sites excluding steroid dienone is 6. The van der Waals surface area contributed by atoms with Gasteiger partial charge in [0.1, 0.15) is 0 Å². The Morgan fingerprint density at radius 3 is 1.26 bits per heavy atom. The van der Waals surface area contributed by atoms with Gasteiger partial charge in [-0.2, -0.15) is 0 Å². The standard InChI is InChI=1S/C36H24O4S2/c1-35(2)17(13-23-19-9-5-7-11-21(19)29(37)31(23)39)15-25-27(35)33-34(41-25)28-26(42-33)16-18(36(28,3)4)14-24-20-10-6-8-12-22(20)30(38)32(24)40/h5-16H,1-4H3/b23-13-,24-14-. The summed E-state index contributed by atoms with van der Waals surface area (Å²) in [7, 11) is 0. The number of carbonyl (C=O) groups excluding carboxylic acids is 4. The van der Waals surface area contributed by atoms with Crippen LogP contribution in [0, 0.1) is 0 Å². The molecule has 0 N–H and O–H groups in total. The number of rotatable bonds is 2. The smallest absolute Gasteiger partial charge is 0.234 e. The van der Waals surface area contributed by atoms with Gasteiger partial charge >= 0.3 is 0 Å². The van der Waals surface area contributed by atoms with Crippen molar-refractivity contribution in [3.8, 4) is 0 Å². The van der Waals surface area contributed by atoms with Crippen molar-refractivity contribution >= 4 is 78.5 Å². The molecule has 0 radical (unpaired) electrons. The van der Waals surface area contributed by atoms with E-state index in [1.54, 1.807) is 46.9 Å². The zero-order valence-corrected chi connectivity index (χ0v) is 25.0. The topological polar surface area (TPSA) is 68.3 Å². The van der Waals surface area contributed by atoms with Crippen LogP contribution in [0.25, 0.3) is 32.7 Å². The van der Waals surface area contributed by atoms with Crippen LogP contribution in [0.2, 0.25) is 0 Å². The van der Waals surface area contributed by atoms with E-state index in [9.17, 15) is 19.2 Å². The predicted octanol–water partition coefficient (Wildman–Crippen LogP) is 8.01. The number of fused-ring (bicyclic) bond motifs is 7. The molecule has 2 aromatic carbocycles. The number of carbonyl (C=O) groups is 4. The minimum atomic E-state index is -0.443. The van der Waals surface area contributed by atoms with E-state index in [2.05, 4.69) is 39.8 Å². The maximum atomic E-state index is 12.9. The van der Waals surface area contributed by atoms with Crippen molar-refractivity contribution in [2.45, 2.75) is 38.5 Å². The van der Waals surface area contributed by atoms with E-state index >= 15 is 0 Å². The number of Topliss-reactive ketones (excluding diaryl/α,β-unsaturated/α-hetero) is 4. The molecular formula is C36H24O4S2. The minimum Gasteiger partial charge on any atom is -0.285 e. The van der Waals surface area contributed by atoms with Crippen LogP contribution < -0.4 is 0 Å². The van der Waals surface area contributed by atoms with Gasteiger partial charge in [-0.05, 0) is 57.7 Å². The molecular weight excluding hydrogens is 561 g/mol.